The van der Waals surface area contributed by atoms with Crippen LogP contribution in [0.3, 0.4) is 0 Å². The molecule has 0 radical (unpaired) electrons. The van der Waals surface area contributed by atoms with Gasteiger partial charge in [0.05, 0.1) is 6.61 Å². The predicted octanol–water partition coefficient (Wildman–Crippen LogP) is 3.32. The molecular formula is C9H11BrOS. The van der Waals surface area contributed by atoms with Crippen molar-refractivity contribution in [2.75, 3.05) is 13.4 Å². The van der Waals surface area contributed by atoms with Crippen molar-refractivity contribution in [1.29, 1.82) is 0 Å². The summed E-state index contributed by atoms with van der Waals surface area (Å²) in [5, 5.41) is 0. The lowest BCUT2D eigenvalue weighted by molar-refractivity contribution is 0.183. The molecule has 0 aliphatic rings. The molecule has 0 atom stereocenters. The largest absolute Gasteiger partial charge is 0.380 e. The van der Waals surface area contributed by atoms with E-state index in [4.69, 9.17) is 4.74 Å². The Morgan fingerprint density at radius 3 is 2.83 bits per heavy atom. The summed E-state index contributed by atoms with van der Waals surface area (Å²) >= 11 is 5.24. The van der Waals surface area contributed by atoms with Crippen LogP contribution >= 0.6 is 27.7 Å². The third kappa shape index (κ3) is 2.25. The molecule has 0 spiro atoms. The van der Waals surface area contributed by atoms with Gasteiger partial charge in [0.25, 0.3) is 0 Å². The average Bonchev–Trinajstić information content (AvgIpc) is 2.05. The van der Waals surface area contributed by atoms with E-state index in [1.165, 1.54) is 10.5 Å². The first-order valence-corrected chi connectivity index (χ1v) is 5.61. The van der Waals surface area contributed by atoms with E-state index < -0.39 is 0 Å². The molecule has 0 fully saturated rings. The summed E-state index contributed by atoms with van der Waals surface area (Å²) in [4.78, 5) is 1.26. The molecule has 0 aliphatic carbocycles. The summed E-state index contributed by atoms with van der Waals surface area (Å²) in [6.45, 7) is 0.676. The van der Waals surface area contributed by atoms with Crippen LogP contribution in [0.5, 0.6) is 0 Å². The standard InChI is InChI=1S/C9H11BrOS/c1-11-6-7-4-3-5-8(10)9(7)12-2/h3-5H,6H2,1-2H3. The fourth-order valence-electron chi connectivity index (χ4n) is 1.05. The lowest BCUT2D eigenvalue weighted by atomic mass is 10.2. The van der Waals surface area contributed by atoms with Gasteiger partial charge in [-0.25, -0.2) is 0 Å². The van der Waals surface area contributed by atoms with Gasteiger partial charge in [0.2, 0.25) is 0 Å². The Balaban J connectivity index is 3.00. The van der Waals surface area contributed by atoms with E-state index in [1.807, 2.05) is 12.1 Å². The summed E-state index contributed by atoms with van der Waals surface area (Å²) < 4.78 is 6.23. The predicted molar refractivity (Wildman–Crippen MR) is 56.6 cm³/mol. The van der Waals surface area contributed by atoms with E-state index in [0.717, 1.165) is 4.47 Å². The van der Waals surface area contributed by atoms with E-state index in [2.05, 4.69) is 28.3 Å². The van der Waals surface area contributed by atoms with Crippen molar-refractivity contribution in [2.24, 2.45) is 0 Å². The third-order valence-corrected chi connectivity index (χ3v) is 3.37. The Labute approximate surface area is 85.6 Å². The summed E-state index contributed by atoms with van der Waals surface area (Å²) in [7, 11) is 1.71. The molecule has 3 heteroatoms. The highest BCUT2D eigenvalue weighted by atomic mass is 79.9. The Hall–Kier alpha value is 0.01000. The van der Waals surface area contributed by atoms with Crippen LogP contribution in [0, 0.1) is 0 Å². The van der Waals surface area contributed by atoms with Gasteiger partial charge >= 0.3 is 0 Å². The highest BCUT2D eigenvalue weighted by molar-refractivity contribution is 9.10. The second kappa shape index (κ2) is 4.90. The molecule has 66 valence electrons. The minimum Gasteiger partial charge on any atom is -0.380 e. The van der Waals surface area contributed by atoms with Gasteiger partial charge in [-0.2, -0.15) is 0 Å². The van der Waals surface area contributed by atoms with Gasteiger partial charge in [0, 0.05) is 16.5 Å². The van der Waals surface area contributed by atoms with Crippen molar-refractivity contribution in [3.05, 3.63) is 28.2 Å². The van der Waals surface area contributed by atoms with E-state index in [-0.39, 0.29) is 0 Å². The number of hydrogen-bond donors (Lipinski definition) is 0. The highest BCUT2D eigenvalue weighted by Crippen LogP contribution is 2.29. The van der Waals surface area contributed by atoms with E-state index in [1.54, 1.807) is 18.9 Å². The lowest BCUT2D eigenvalue weighted by Crippen LogP contribution is -1.90. The SMILES string of the molecule is COCc1cccc(Br)c1SC. The van der Waals surface area contributed by atoms with Gasteiger partial charge in [-0.3, -0.25) is 0 Å². The first kappa shape index (κ1) is 10.1. The zero-order valence-corrected chi connectivity index (χ0v) is 9.54. The second-order valence-corrected chi connectivity index (χ2v) is 4.04. The molecule has 0 unspecified atom stereocenters. The van der Waals surface area contributed by atoms with Crippen molar-refractivity contribution in [1.82, 2.24) is 0 Å². The number of methoxy groups -OCH3 is 1. The normalized spacial score (nSPS) is 10.2. The number of benzene rings is 1. The first-order valence-electron chi connectivity index (χ1n) is 3.60. The van der Waals surface area contributed by atoms with Crippen molar-refractivity contribution in [3.8, 4) is 0 Å². The molecule has 12 heavy (non-hydrogen) atoms. The van der Waals surface area contributed by atoms with Crippen LogP contribution in [-0.4, -0.2) is 13.4 Å². The smallest absolute Gasteiger partial charge is 0.0724 e. The Morgan fingerprint density at radius 1 is 1.50 bits per heavy atom. The van der Waals surface area contributed by atoms with Crippen LogP contribution < -0.4 is 0 Å². The van der Waals surface area contributed by atoms with E-state index >= 15 is 0 Å². The van der Waals surface area contributed by atoms with Crippen LogP contribution in [-0.2, 0) is 11.3 Å². The number of ether oxygens (including phenoxy) is 1. The second-order valence-electron chi connectivity index (χ2n) is 2.37. The third-order valence-electron chi connectivity index (χ3n) is 1.55. The molecule has 0 heterocycles. The molecule has 0 aliphatic heterocycles. The molecule has 1 nitrogen and oxygen atoms in total. The molecule has 0 bridgehead atoms. The van der Waals surface area contributed by atoms with Gasteiger partial charge < -0.3 is 4.74 Å². The molecule has 0 saturated carbocycles. The maximum absolute atomic E-state index is 5.09. The van der Waals surface area contributed by atoms with Crippen molar-refractivity contribution >= 4 is 27.7 Å². The molecular weight excluding hydrogens is 236 g/mol. The minimum absolute atomic E-state index is 0.676. The fourth-order valence-corrected chi connectivity index (χ4v) is 2.60. The van der Waals surface area contributed by atoms with Crippen LogP contribution in [0.15, 0.2) is 27.6 Å². The Bertz CT molecular complexity index is 263. The summed E-state index contributed by atoms with van der Waals surface area (Å²) in [6, 6.07) is 6.16. The molecule has 1 aromatic carbocycles. The number of rotatable bonds is 3. The van der Waals surface area contributed by atoms with E-state index in [9.17, 15) is 0 Å². The maximum Gasteiger partial charge on any atom is 0.0724 e. The van der Waals surface area contributed by atoms with Crippen LogP contribution in [0.4, 0.5) is 0 Å². The number of thioether (sulfide) groups is 1. The van der Waals surface area contributed by atoms with Gasteiger partial charge in [-0.05, 0) is 33.8 Å². The Morgan fingerprint density at radius 2 is 2.25 bits per heavy atom. The zero-order valence-electron chi connectivity index (χ0n) is 7.13. The highest BCUT2D eigenvalue weighted by Gasteiger charge is 2.03. The summed E-state index contributed by atoms with van der Waals surface area (Å²) in [6.07, 6.45) is 2.07. The van der Waals surface area contributed by atoms with Crippen molar-refractivity contribution in [3.63, 3.8) is 0 Å². The fraction of sp³-hybridized carbons (Fsp3) is 0.333. The summed E-state index contributed by atoms with van der Waals surface area (Å²) in [5.41, 5.74) is 1.24. The minimum atomic E-state index is 0.676. The lowest BCUT2D eigenvalue weighted by Gasteiger charge is -2.07. The van der Waals surface area contributed by atoms with Crippen molar-refractivity contribution < 1.29 is 4.74 Å². The van der Waals surface area contributed by atoms with Gasteiger partial charge in [-0.15, -0.1) is 11.8 Å². The molecule has 1 aromatic rings. The number of hydrogen-bond acceptors (Lipinski definition) is 2. The average molecular weight is 247 g/mol. The van der Waals surface area contributed by atoms with Crippen LogP contribution in [0.2, 0.25) is 0 Å². The maximum atomic E-state index is 5.09. The molecule has 0 aromatic heterocycles. The van der Waals surface area contributed by atoms with Crippen LogP contribution in [0.1, 0.15) is 5.56 Å². The molecule has 0 saturated heterocycles. The molecule has 0 amide bonds. The van der Waals surface area contributed by atoms with Crippen LogP contribution in [0.25, 0.3) is 0 Å². The zero-order chi connectivity index (χ0) is 8.97. The van der Waals surface area contributed by atoms with Crippen molar-refractivity contribution in [2.45, 2.75) is 11.5 Å². The van der Waals surface area contributed by atoms with Gasteiger partial charge in [-0.1, -0.05) is 12.1 Å². The quantitative estimate of drug-likeness (QED) is 0.758. The van der Waals surface area contributed by atoms with E-state index in [0.29, 0.717) is 6.61 Å². The monoisotopic (exact) mass is 246 g/mol. The van der Waals surface area contributed by atoms with Gasteiger partial charge in [0.15, 0.2) is 0 Å². The first-order chi connectivity index (χ1) is 5.79. The topological polar surface area (TPSA) is 9.23 Å². The molecule has 1 rings (SSSR count). The molecule has 0 N–H and O–H groups in total. The summed E-state index contributed by atoms with van der Waals surface area (Å²) in [5.74, 6) is 0. The Kier molecular flexibility index (Phi) is 4.12. The van der Waals surface area contributed by atoms with Gasteiger partial charge in [0.1, 0.15) is 0 Å². The number of halogens is 1.